The Kier molecular flexibility index (Phi) is 6.64. The number of hydrogen-bond acceptors (Lipinski definition) is 5. The molecule has 0 unspecified atom stereocenters. The van der Waals surface area contributed by atoms with Crippen molar-refractivity contribution < 1.29 is 23.5 Å². The lowest BCUT2D eigenvalue weighted by atomic mass is 10.1. The van der Waals surface area contributed by atoms with Crippen LogP contribution < -0.4 is 10.6 Å². The summed E-state index contributed by atoms with van der Waals surface area (Å²) in [6.07, 6.45) is 1.37. The largest absolute Gasteiger partial charge is 0.469 e. The zero-order valence-electron chi connectivity index (χ0n) is 16.7. The molecule has 7 nitrogen and oxygen atoms in total. The van der Waals surface area contributed by atoms with Gasteiger partial charge in [-0.3, -0.25) is 9.59 Å². The van der Waals surface area contributed by atoms with E-state index < -0.39 is 18.5 Å². The Morgan fingerprint density at radius 1 is 0.967 bits per heavy atom. The highest BCUT2D eigenvalue weighted by Crippen LogP contribution is 2.18. The van der Waals surface area contributed by atoms with Crippen LogP contribution in [-0.4, -0.2) is 24.4 Å². The second-order valence-electron chi connectivity index (χ2n) is 6.67. The Balaban J connectivity index is 1.61. The molecule has 0 aliphatic rings. The van der Waals surface area contributed by atoms with E-state index >= 15 is 0 Å². The minimum absolute atomic E-state index is 0.207. The molecule has 154 valence electrons. The minimum Gasteiger partial charge on any atom is -0.469 e. The Labute approximate surface area is 174 Å². The van der Waals surface area contributed by atoms with Crippen molar-refractivity contribution in [1.82, 2.24) is 5.32 Å². The summed E-state index contributed by atoms with van der Waals surface area (Å²) in [6.45, 7) is 3.02. The first-order valence-electron chi connectivity index (χ1n) is 9.41. The zero-order valence-corrected chi connectivity index (χ0v) is 16.7. The maximum absolute atomic E-state index is 12.7. The fourth-order valence-electron chi connectivity index (χ4n) is 2.88. The molecule has 30 heavy (non-hydrogen) atoms. The van der Waals surface area contributed by atoms with Gasteiger partial charge in [0.05, 0.1) is 23.6 Å². The quantitative estimate of drug-likeness (QED) is 0.581. The summed E-state index contributed by atoms with van der Waals surface area (Å²) < 4.78 is 10.1. The van der Waals surface area contributed by atoms with Gasteiger partial charge in [-0.05, 0) is 37.6 Å². The molecule has 0 saturated heterocycles. The number of esters is 1. The van der Waals surface area contributed by atoms with Crippen molar-refractivity contribution in [3.63, 3.8) is 0 Å². The molecule has 0 spiro atoms. The van der Waals surface area contributed by atoms with E-state index in [9.17, 15) is 14.4 Å². The van der Waals surface area contributed by atoms with Crippen molar-refractivity contribution in [2.75, 3.05) is 11.9 Å². The van der Waals surface area contributed by atoms with E-state index in [0.29, 0.717) is 17.0 Å². The van der Waals surface area contributed by atoms with Gasteiger partial charge in [-0.1, -0.05) is 42.5 Å². The Bertz CT molecular complexity index is 1040. The number of benzene rings is 2. The molecule has 3 rings (SSSR count). The Hall–Kier alpha value is -3.87. The van der Waals surface area contributed by atoms with Gasteiger partial charge >= 0.3 is 5.97 Å². The standard InChI is InChI=1S/C23H22N2O5/c1-15(17-8-4-3-5-9-17)24-22(27)19-10-6-7-11-20(19)25-21(26)14-30-23(28)18-12-13-29-16(18)2/h3-13,15H,14H2,1-2H3,(H,24,27)(H,25,26)/t15-/m1/s1. The molecule has 7 heteroatoms. The van der Waals surface area contributed by atoms with Crippen LogP contribution in [0.4, 0.5) is 5.69 Å². The molecule has 1 heterocycles. The molecule has 1 aromatic heterocycles. The third-order valence-corrected chi connectivity index (χ3v) is 4.51. The number of amides is 2. The first-order chi connectivity index (χ1) is 14.5. The molecular formula is C23H22N2O5. The van der Waals surface area contributed by atoms with Crippen molar-refractivity contribution >= 4 is 23.5 Å². The minimum atomic E-state index is -0.654. The van der Waals surface area contributed by atoms with Crippen molar-refractivity contribution in [3.8, 4) is 0 Å². The van der Waals surface area contributed by atoms with E-state index in [0.717, 1.165) is 5.56 Å². The lowest BCUT2D eigenvalue weighted by molar-refractivity contribution is -0.119. The third-order valence-electron chi connectivity index (χ3n) is 4.51. The van der Waals surface area contributed by atoms with Gasteiger partial charge in [0.25, 0.3) is 11.8 Å². The average molecular weight is 406 g/mol. The van der Waals surface area contributed by atoms with Crippen LogP contribution in [0.2, 0.25) is 0 Å². The predicted octanol–water partition coefficient (Wildman–Crippen LogP) is 3.87. The second kappa shape index (κ2) is 9.56. The fraction of sp³-hybridized carbons (Fsp3) is 0.174. The summed E-state index contributed by atoms with van der Waals surface area (Å²) in [4.78, 5) is 37.0. The van der Waals surface area contributed by atoms with E-state index in [1.165, 1.54) is 12.3 Å². The molecule has 0 bridgehead atoms. The number of rotatable bonds is 7. The van der Waals surface area contributed by atoms with E-state index in [-0.39, 0.29) is 17.5 Å². The predicted molar refractivity (Wildman–Crippen MR) is 111 cm³/mol. The third kappa shape index (κ3) is 5.14. The van der Waals surface area contributed by atoms with Crippen molar-refractivity contribution in [2.24, 2.45) is 0 Å². The molecule has 0 aliphatic heterocycles. The molecule has 2 amide bonds. The van der Waals surface area contributed by atoms with Gasteiger partial charge in [-0.25, -0.2) is 4.79 Å². The number of furan rings is 1. The fourth-order valence-corrected chi connectivity index (χ4v) is 2.88. The average Bonchev–Trinajstić information content (AvgIpc) is 3.19. The molecule has 2 N–H and O–H groups in total. The van der Waals surface area contributed by atoms with Gasteiger partial charge in [0, 0.05) is 0 Å². The first-order valence-corrected chi connectivity index (χ1v) is 9.41. The summed E-state index contributed by atoms with van der Waals surface area (Å²) >= 11 is 0. The number of hydrogen-bond donors (Lipinski definition) is 2. The van der Waals surface area contributed by atoms with E-state index in [1.807, 2.05) is 37.3 Å². The van der Waals surface area contributed by atoms with Crippen LogP contribution in [0.3, 0.4) is 0 Å². The van der Waals surface area contributed by atoms with E-state index in [4.69, 9.17) is 9.15 Å². The van der Waals surface area contributed by atoms with Crippen LogP contribution >= 0.6 is 0 Å². The van der Waals surface area contributed by atoms with Crippen LogP contribution in [0, 0.1) is 6.92 Å². The highest BCUT2D eigenvalue weighted by Gasteiger charge is 2.18. The van der Waals surface area contributed by atoms with Gasteiger partial charge in [-0.15, -0.1) is 0 Å². The van der Waals surface area contributed by atoms with Crippen LogP contribution in [0.25, 0.3) is 0 Å². The normalized spacial score (nSPS) is 11.4. The lowest BCUT2D eigenvalue weighted by Gasteiger charge is -2.16. The summed E-state index contributed by atoms with van der Waals surface area (Å²) in [7, 11) is 0. The molecule has 0 saturated carbocycles. The monoisotopic (exact) mass is 406 g/mol. The summed E-state index contributed by atoms with van der Waals surface area (Å²) in [6, 6.07) is 17.5. The number of para-hydroxylation sites is 1. The Morgan fingerprint density at radius 2 is 1.67 bits per heavy atom. The SMILES string of the molecule is Cc1occc1C(=O)OCC(=O)Nc1ccccc1C(=O)N[C@H](C)c1ccccc1. The van der Waals surface area contributed by atoms with Gasteiger partial charge in [0.1, 0.15) is 11.3 Å². The molecule has 0 fully saturated rings. The smallest absolute Gasteiger partial charge is 0.342 e. The number of aryl methyl sites for hydroxylation is 1. The molecule has 0 radical (unpaired) electrons. The molecule has 3 aromatic rings. The van der Waals surface area contributed by atoms with Gasteiger partial charge < -0.3 is 19.8 Å². The van der Waals surface area contributed by atoms with Gasteiger partial charge in [0.15, 0.2) is 6.61 Å². The maximum Gasteiger partial charge on any atom is 0.342 e. The van der Waals surface area contributed by atoms with Crippen LogP contribution in [0.5, 0.6) is 0 Å². The van der Waals surface area contributed by atoms with Crippen LogP contribution in [0.15, 0.2) is 71.3 Å². The van der Waals surface area contributed by atoms with E-state index in [2.05, 4.69) is 10.6 Å². The van der Waals surface area contributed by atoms with Gasteiger partial charge in [-0.2, -0.15) is 0 Å². The lowest BCUT2D eigenvalue weighted by Crippen LogP contribution is -2.28. The summed E-state index contributed by atoms with van der Waals surface area (Å²) in [5, 5.41) is 5.53. The Morgan fingerprint density at radius 3 is 2.37 bits per heavy atom. The maximum atomic E-state index is 12.7. The van der Waals surface area contributed by atoms with Crippen molar-refractivity contribution in [3.05, 3.63) is 89.4 Å². The second-order valence-corrected chi connectivity index (χ2v) is 6.67. The number of carbonyl (C=O) groups is 3. The summed E-state index contributed by atoms with van der Waals surface area (Å²) in [5.74, 6) is -1.12. The highest BCUT2D eigenvalue weighted by molar-refractivity contribution is 6.04. The topological polar surface area (TPSA) is 97.6 Å². The van der Waals surface area contributed by atoms with Crippen molar-refractivity contribution in [2.45, 2.75) is 19.9 Å². The molecule has 2 aromatic carbocycles. The number of anilines is 1. The molecule has 0 aliphatic carbocycles. The van der Waals surface area contributed by atoms with Gasteiger partial charge in [0.2, 0.25) is 0 Å². The highest BCUT2D eigenvalue weighted by atomic mass is 16.5. The molecular weight excluding hydrogens is 384 g/mol. The van der Waals surface area contributed by atoms with Crippen LogP contribution in [-0.2, 0) is 9.53 Å². The number of nitrogens with one attached hydrogen (secondary N) is 2. The number of carbonyl (C=O) groups excluding carboxylic acids is 3. The van der Waals surface area contributed by atoms with Crippen molar-refractivity contribution in [1.29, 1.82) is 0 Å². The zero-order chi connectivity index (χ0) is 21.5. The van der Waals surface area contributed by atoms with Crippen LogP contribution in [0.1, 0.15) is 45.0 Å². The van der Waals surface area contributed by atoms with E-state index in [1.54, 1.807) is 31.2 Å². The first kappa shape index (κ1) is 20.9. The molecule has 1 atom stereocenters. The number of ether oxygens (including phenoxy) is 1. The summed E-state index contributed by atoms with van der Waals surface area (Å²) in [5.41, 5.74) is 1.87.